The van der Waals surface area contributed by atoms with Crippen molar-refractivity contribution in [2.24, 2.45) is 17.8 Å². The molecule has 7 unspecified atom stereocenters. The highest BCUT2D eigenvalue weighted by molar-refractivity contribution is 5.82. The summed E-state index contributed by atoms with van der Waals surface area (Å²) in [5, 5.41) is 6.67. The number of alkyl halides is 1. The first-order chi connectivity index (χ1) is 12.5. The Morgan fingerprint density at radius 3 is 2.69 bits per heavy atom. The first-order valence-corrected chi connectivity index (χ1v) is 10.4. The minimum Gasteiger partial charge on any atom is -0.352 e. The van der Waals surface area contributed by atoms with Crippen LogP contribution in [0.2, 0.25) is 0 Å². The quantitative estimate of drug-likeness (QED) is 0.609. The third-order valence-electron chi connectivity index (χ3n) is 6.92. The molecule has 2 aliphatic carbocycles. The van der Waals surface area contributed by atoms with E-state index in [-0.39, 0.29) is 42.4 Å². The third kappa shape index (κ3) is 3.77. The van der Waals surface area contributed by atoms with Gasteiger partial charge in [-0.2, -0.15) is 0 Å². The predicted molar refractivity (Wildman–Crippen MR) is 96.6 cm³/mol. The Morgan fingerprint density at radius 1 is 1.12 bits per heavy atom. The summed E-state index contributed by atoms with van der Waals surface area (Å²) in [6, 6.07) is 0.0922. The fraction of sp³-hybridized carbons (Fsp3) is 0.947. The molecule has 4 N–H and O–H groups in total. The Kier molecular flexibility index (Phi) is 5.51. The van der Waals surface area contributed by atoms with Crippen LogP contribution in [0.1, 0.15) is 58.8 Å². The van der Waals surface area contributed by atoms with Gasteiger partial charge < -0.3 is 15.4 Å². The molecule has 1 amide bonds. The first kappa shape index (κ1) is 18.6. The molecular formula is C19H33FN4O2. The Balaban J connectivity index is 1.30. The van der Waals surface area contributed by atoms with Crippen LogP contribution in [0.5, 0.6) is 0 Å². The average molecular weight is 368 g/mol. The van der Waals surface area contributed by atoms with Gasteiger partial charge in [0.05, 0.1) is 6.04 Å². The van der Waals surface area contributed by atoms with Crippen LogP contribution < -0.4 is 21.5 Å². The maximum Gasteiger partial charge on any atom is 0.237 e. The van der Waals surface area contributed by atoms with Crippen molar-refractivity contribution in [1.29, 1.82) is 0 Å². The zero-order valence-electron chi connectivity index (χ0n) is 15.8. The highest BCUT2D eigenvalue weighted by atomic mass is 19.1. The number of carbonyl (C=O) groups excluding carboxylic acids is 1. The molecule has 0 aromatic heterocycles. The molecule has 0 spiro atoms. The van der Waals surface area contributed by atoms with Gasteiger partial charge in [0.1, 0.15) is 18.6 Å². The summed E-state index contributed by atoms with van der Waals surface area (Å²) >= 11 is 0. The molecule has 6 nitrogen and oxygen atoms in total. The molecule has 26 heavy (non-hydrogen) atoms. The van der Waals surface area contributed by atoms with E-state index in [2.05, 4.69) is 28.4 Å². The molecule has 0 radical (unpaired) electrons. The number of halogens is 1. The van der Waals surface area contributed by atoms with Gasteiger partial charge in [-0.25, -0.2) is 15.2 Å². The van der Waals surface area contributed by atoms with E-state index in [4.69, 9.17) is 4.74 Å². The topological polar surface area (TPSA) is 74.4 Å². The summed E-state index contributed by atoms with van der Waals surface area (Å²) < 4.78 is 20.1. The summed E-state index contributed by atoms with van der Waals surface area (Å²) in [4.78, 5) is 12.8. The molecule has 4 fully saturated rings. The van der Waals surface area contributed by atoms with Crippen LogP contribution in [0.4, 0.5) is 4.39 Å². The van der Waals surface area contributed by atoms with E-state index in [1.807, 2.05) is 6.92 Å². The van der Waals surface area contributed by atoms with E-state index < -0.39 is 6.17 Å². The molecule has 4 rings (SSSR count). The van der Waals surface area contributed by atoms with E-state index in [1.165, 1.54) is 0 Å². The van der Waals surface area contributed by atoms with E-state index in [0.717, 1.165) is 32.1 Å². The molecule has 0 bridgehead atoms. The van der Waals surface area contributed by atoms with Crippen molar-refractivity contribution in [1.82, 2.24) is 21.5 Å². The molecule has 9 atom stereocenters. The largest absolute Gasteiger partial charge is 0.352 e. The van der Waals surface area contributed by atoms with Crippen LogP contribution in [0.15, 0.2) is 0 Å². The Hall–Kier alpha value is -0.760. The van der Waals surface area contributed by atoms with Crippen molar-refractivity contribution < 1.29 is 13.9 Å². The Bertz CT molecular complexity index is 504. The van der Waals surface area contributed by atoms with Crippen molar-refractivity contribution in [2.75, 3.05) is 0 Å². The van der Waals surface area contributed by atoms with Crippen LogP contribution in [0.25, 0.3) is 0 Å². The van der Waals surface area contributed by atoms with Gasteiger partial charge in [0.15, 0.2) is 0 Å². The lowest BCUT2D eigenvalue weighted by Gasteiger charge is -2.34. The van der Waals surface area contributed by atoms with E-state index in [1.54, 1.807) is 0 Å². The van der Waals surface area contributed by atoms with Gasteiger partial charge in [-0.3, -0.25) is 4.79 Å². The number of carbonyl (C=O) groups is 1. The lowest BCUT2D eigenvalue weighted by molar-refractivity contribution is -0.124. The highest BCUT2D eigenvalue weighted by Gasteiger charge is 2.46. The Morgan fingerprint density at radius 2 is 1.96 bits per heavy atom. The second-order valence-electron chi connectivity index (χ2n) is 8.84. The molecule has 0 aromatic carbocycles. The van der Waals surface area contributed by atoms with Crippen LogP contribution >= 0.6 is 0 Å². The monoisotopic (exact) mass is 368 g/mol. The summed E-state index contributed by atoms with van der Waals surface area (Å²) in [6.45, 7) is 4.16. The zero-order chi connectivity index (χ0) is 18.3. The maximum atomic E-state index is 14.3. The number of hydrogen-bond acceptors (Lipinski definition) is 5. The van der Waals surface area contributed by atoms with E-state index >= 15 is 0 Å². The van der Waals surface area contributed by atoms with Crippen molar-refractivity contribution in [3.05, 3.63) is 0 Å². The smallest absolute Gasteiger partial charge is 0.237 e. The second kappa shape index (κ2) is 7.70. The van der Waals surface area contributed by atoms with Crippen LogP contribution in [-0.2, 0) is 9.53 Å². The lowest BCUT2D eigenvalue weighted by atomic mass is 9.77. The van der Waals surface area contributed by atoms with E-state index in [0.29, 0.717) is 24.7 Å². The zero-order valence-corrected chi connectivity index (χ0v) is 15.8. The number of amides is 1. The minimum absolute atomic E-state index is 0.00254. The van der Waals surface area contributed by atoms with Gasteiger partial charge in [-0.05, 0) is 51.4 Å². The summed E-state index contributed by atoms with van der Waals surface area (Å²) in [5.41, 5.74) is 6.31. The summed E-state index contributed by atoms with van der Waals surface area (Å²) in [7, 11) is 0. The molecule has 4 aliphatic rings. The molecule has 7 heteroatoms. The van der Waals surface area contributed by atoms with Gasteiger partial charge in [0.25, 0.3) is 0 Å². The normalized spacial score (nSPS) is 49.0. The van der Waals surface area contributed by atoms with E-state index in [9.17, 15) is 9.18 Å². The van der Waals surface area contributed by atoms with Crippen LogP contribution in [0.3, 0.4) is 0 Å². The number of hydrogen-bond donors (Lipinski definition) is 4. The Labute approximate surface area is 155 Å². The third-order valence-corrected chi connectivity index (χ3v) is 6.92. The standard InChI is InChI=1S/C19H33FN4O2/c1-10-6-7-15(20)14-9-16(22-17(10)14)18(25)21-13-5-3-4-12(8-13)19-24-23-11(2)26-19/h10-17,19,22-24H,3-9H2,1-2H3,(H,21,25)/t10?,11?,12-,13+,14?,15?,16?,17?,19?/m0/s1. The lowest BCUT2D eigenvalue weighted by Crippen LogP contribution is -2.50. The van der Waals surface area contributed by atoms with Gasteiger partial charge in [0.2, 0.25) is 5.91 Å². The van der Waals surface area contributed by atoms with Crippen molar-refractivity contribution >= 4 is 5.91 Å². The molecule has 2 heterocycles. The summed E-state index contributed by atoms with van der Waals surface area (Å²) in [5.74, 6) is 0.901. The molecule has 148 valence electrons. The fourth-order valence-electron chi connectivity index (χ4n) is 5.45. The number of nitrogens with one attached hydrogen (secondary N) is 4. The van der Waals surface area contributed by atoms with Gasteiger partial charge >= 0.3 is 0 Å². The molecule has 2 aliphatic heterocycles. The van der Waals surface area contributed by atoms with Crippen molar-refractivity contribution in [3.8, 4) is 0 Å². The highest BCUT2D eigenvalue weighted by Crippen LogP contribution is 2.38. The number of ether oxygens (including phenoxy) is 1. The number of rotatable bonds is 3. The molecule has 2 saturated heterocycles. The maximum absolute atomic E-state index is 14.3. The van der Waals surface area contributed by atoms with Crippen LogP contribution in [-0.4, -0.2) is 42.7 Å². The SMILES string of the molecule is CC1NNC([C@H]2CCC[C@@H](NC(=O)C3CC4C(F)CCC(C)C4N3)C2)O1. The predicted octanol–water partition coefficient (Wildman–Crippen LogP) is 1.57. The average Bonchev–Trinajstić information content (AvgIpc) is 3.26. The minimum atomic E-state index is -0.763. The number of hydrazine groups is 1. The fourth-order valence-corrected chi connectivity index (χ4v) is 5.45. The molecule has 2 saturated carbocycles. The van der Waals surface area contributed by atoms with Gasteiger partial charge in [0, 0.05) is 23.9 Å². The van der Waals surface area contributed by atoms with Crippen molar-refractivity contribution in [3.63, 3.8) is 0 Å². The molecular weight excluding hydrogens is 335 g/mol. The van der Waals surface area contributed by atoms with Crippen LogP contribution in [0, 0.1) is 17.8 Å². The molecule has 0 aromatic rings. The van der Waals surface area contributed by atoms with Gasteiger partial charge in [-0.15, -0.1) is 0 Å². The first-order valence-electron chi connectivity index (χ1n) is 10.4. The summed E-state index contributed by atoms with van der Waals surface area (Å²) in [6.07, 6.45) is 5.62. The second-order valence-corrected chi connectivity index (χ2v) is 8.84. The van der Waals surface area contributed by atoms with Crippen molar-refractivity contribution in [2.45, 2.75) is 95.5 Å². The number of fused-ring (bicyclic) bond motifs is 1. The van der Waals surface area contributed by atoms with Gasteiger partial charge in [-0.1, -0.05) is 13.3 Å².